The van der Waals surface area contributed by atoms with Crippen LogP contribution in [0.15, 0.2) is 0 Å². The first-order valence-electron chi connectivity index (χ1n) is 6.16. The summed E-state index contributed by atoms with van der Waals surface area (Å²) in [6.07, 6.45) is -4.30. The number of hydrogen-bond acceptors (Lipinski definition) is 3. The molecule has 1 heterocycles. The predicted molar refractivity (Wildman–Crippen MR) is 64.7 cm³/mol. The molecule has 1 saturated heterocycles. The zero-order chi connectivity index (χ0) is 14.9. The van der Waals surface area contributed by atoms with E-state index < -0.39 is 23.9 Å². The molecule has 7 heteroatoms. The SMILES string of the molecule is CC1(C)CN(C(=O)CNCC(F)(F)F)CC(C)(C)O1. The van der Waals surface area contributed by atoms with Gasteiger partial charge in [0.05, 0.1) is 24.3 Å². The molecule has 1 fully saturated rings. The van der Waals surface area contributed by atoms with E-state index in [9.17, 15) is 18.0 Å². The molecule has 112 valence electrons. The standard InChI is InChI=1S/C12H21F3N2O2/c1-10(2)7-17(8-11(3,4)19-10)9(18)5-16-6-12(13,14)15/h16H,5-8H2,1-4H3. The summed E-state index contributed by atoms with van der Waals surface area (Å²) in [6, 6.07) is 0. The van der Waals surface area contributed by atoms with Gasteiger partial charge in [0, 0.05) is 13.1 Å². The Morgan fingerprint density at radius 1 is 1.21 bits per heavy atom. The van der Waals surface area contributed by atoms with Crippen molar-refractivity contribution in [2.24, 2.45) is 0 Å². The molecule has 1 amide bonds. The van der Waals surface area contributed by atoms with Crippen molar-refractivity contribution in [2.45, 2.75) is 45.1 Å². The van der Waals surface area contributed by atoms with Crippen LogP contribution in [0.25, 0.3) is 0 Å². The van der Waals surface area contributed by atoms with Crippen molar-refractivity contribution in [2.75, 3.05) is 26.2 Å². The van der Waals surface area contributed by atoms with Crippen LogP contribution in [0.2, 0.25) is 0 Å². The smallest absolute Gasteiger partial charge is 0.366 e. The second-order valence-electron chi connectivity index (χ2n) is 6.09. The fourth-order valence-electron chi connectivity index (χ4n) is 2.39. The normalized spacial score (nSPS) is 22.4. The quantitative estimate of drug-likeness (QED) is 0.854. The first-order valence-corrected chi connectivity index (χ1v) is 6.16. The second-order valence-corrected chi connectivity index (χ2v) is 6.09. The third-order valence-electron chi connectivity index (χ3n) is 2.65. The van der Waals surface area contributed by atoms with Crippen molar-refractivity contribution < 1.29 is 22.7 Å². The Kier molecular flexibility index (Phi) is 4.51. The summed E-state index contributed by atoms with van der Waals surface area (Å²) in [4.78, 5) is 13.4. The number of amides is 1. The van der Waals surface area contributed by atoms with Crippen molar-refractivity contribution in [3.05, 3.63) is 0 Å². The van der Waals surface area contributed by atoms with Crippen LogP contribution in [-0.2, 0) is 9.53 Å². The number of nitrogens with zero attached hydrogens (tertiary/aromatic N) is 1. The Hall–Kier alpha value is -0.820. The number of rotatable bonds is 3. The van der Waals surface area contributed by atoms with Crippen molar-refractivity contribution in [1.82, 2.24) is 10.2 Å². The van der Waals surface area contributed by atoms with Gasteiger partial charge in [-0.3, -0.25) is 4.79 Å². The molecule has 0 aromatic heterocycles. The van der Waals surface area contributed by atoms with Gasteiger partial charge < -0.3 is 15.0 Å². The van der Waals surface area contributed by atoms with Crippen LogP contribution in [0.5, 0.6) is 0 Å². The molecule has 1 N–H and O–H groups in total. The fraction of sp³-hybridized carbons (Fsp3) is 0.917. The number of carbonyl (C=O) groups excluding carboxylic acids is 1. The van der Waals surface area contributed by atoms with Gasteiger partial charge in [0.15, 0.2) is 0 Å². The molecule has 0 unspecified atom stereocenters. The Labute approximate surface area is 111 Å². The fourth-order valence-corrected chi connectivity index (χ4v) is 2.39. The molecular weight excluding hydrogens is 261 g/mol. The minimum absolute atomic E-state index is 0.314. The molecule has 1 rings (SSSR count). The lowest BCUT2D eigenvalue weighted by molar-refractivity contribution is -0.187. The van der Waals surface area contributed by atoms with Crippen LogP contribution in [0.3, 0.4) is 0 Å². The van der Waals surface area contributed by atoms with E-state index in [2.05, 4.69) is 5.32 Å². The Morgan fingerprint density at radius 3 is 2.11 bits per heavy atom. The average Bonchev–Trinajstić information content (AvgIpc) is 2.10. The van der Waals surface area contributed by atoms with Crippen LogP contribution in [0.4, 0.5) is 13.2 Å². The van der Waals surface area contributed by atoms with E-state index in [1.54, 1.807) is 4.90 Å². The minimum atomic E-state index is -4.30. The molecule has 0 bridgehead atoms. The number of hydrogen-bond donors (Lipinski definition) is 1. The lowest BCUT2D eigenvalue weighted by Crippen LogP contribution is -2.59. The molecule has 0 aromatic rings. The summed E-state index contributed by atoms with van der Waals surface area (Å²) >= 11 is 0. The third kappa shape index (κ3) is 5.78. The molecule has 0 aromatic carbocycles. The minimum Gasteiger partial charge on any atom is -0.366 e. The van der Waals surface area contributed by atoms with Crippen molar-refractivity contribution in [3.63, 3.8) is 0 Å². The second kappa shape index (κ2) is 5.28. The summed E-state index contributed by atoms with van der Waals surface area (Å²) in [5.74, 6) is -0.339. The van der Waals surface area contributed by atoms with Crippen LogP contribution in [0.1, 0.15) is 27.7 Å². The molecule has 0 radical (unpaired) electrons. The van der Waals surface area contributed by atoms with Crippen molar-refractivity contribution in [3.8, 4) is 0 Å². The molecule has 0 aliphatic carbocycles. The number of alkyl halides is 3. The van der Waals surface area contributed by atoms with E-state index in [4.69, 9.17) is 4.74 Å². The lowest BCUT2D eigenvalue weighted by atomic mass is 9.99. The van der Waals surface area contributed by atoms with Gasteiger partial charge in [0.1, 0.15) is 0 Å². The summed E-state index contributed by atoms with van der Waals surface area (Å²) in [5, 5.41) is 2.12. The van der Waals surface area contributed by atoms with Crippen LogP contribution in [-0.4, -0.2) is 54.4 Å². The highest BCUT2D eigenvalue weighted by Crippen LogP contribution is 2.27. The zero-order valence-corrected chi connectivity index (χ0v) is 11.7. The number of carbonyl (C=O) groups is 1. The third-order valence-corrected chi connectivity index (χ3v) is 2.65. The highest BCUT2D eigenvalue weighted by atomic mass is 19.4. The molecule has 1 aliphatic heterocycles. The maximum Gasteiger partial charge on any atom is 0.401 e. The average molecular weight is 282 g/mol. The van der Waals surface area contributed by atoms with E-state index in [1.807, 2.05) is 27.7 Å². The Balaban J connectivity index is 2.52. The first-order chi connectivity index (χ1) is 8.40. The largest absolute Gasteiger partial charge is 0.401 e. The van der Waals surface area contributed by atoms with E-state index in [1.165, 1.54) is 0 Å². The molecule has 0 saturated carbocycles. The predicted octanol–water partition coefficient (Wildman–Crippen LogP) is 1.55. The van der Waals surface area contributed by atoms with Gasteiger partial charge in [0.2, 0.25) is 5.91 Å². The molecule has 0 atom stereocenters. The van der Waals surface area contributed by atoms with E-state index >= 15 is 0 Å². The molecule has 19 heavy (non-hydrogen) atoms. The molecule has 1 aliphatic rings. The monoisotopic (exact) mass is 282 g/mol. The number of ether oxygens (including phenoxy) is 1. The number of morpholine rings is 1. The van der Waals surface area contributed by atoms with Crippen LogP contribution >= 0.6 is 0 Å². The first kappa shape index (κ1) is 16.2. The zero-order valence-electron chi connectivity index (χ0n) is 11.7. The van der Waals surface area contributed by atoms with Gasteiger partial charge in [-0.1, -0.05) is 0 Å². The van der Waals surface area contributed by atoms with Gasteiger partial charge in [-0.2, -0.15) is 13.2 Å². The summed E-state index contributed by atoms with van der Waals surface area (Å²) in [5.41, 5.74) is -0.997. The summed E-state index contributed by atoms with van der Waals surface area (Å²) in [6.45, 7) is 6.72. The van der Waals surface area contributed by atoms with Gasteiger partial charge in [-0.15, -0.1) is 0 Å². The lowest BCUT2D eigenvalue weighted by Gasteiger charge is -2.47. The highest BCUT2D eigenvalue weighted by molar-refractivity contribution is 5.78. The maximum absolute atomic E-state index is 12.0. The maximum atomic E-state index is 12.0. The summed E-state index contributed by atoms with van der Waals surface area (Å²) in [7, 11) is 0. The van der Waals surface area contributed by atoms with Gasteiger partial charge in [0.25, 0.3) is 0 Å². The molecule has 0 spiro atoms. The van der Waals surface area contributed by atoms with E-state index in [0.717, 1.165) is 0 Å². The topological polar surface area (TPSA) is 41.6 Å². The molecular formula is C12H21F3N2O2. The highest BCUT2D eigenvalue weighted by Gasteiger charge is 2.39. The van der Waals surface area contributed by atoms with E-state index in [-0.39, 0.29) is 12.5 Å². The van der Waals surface area contributed by atoms with Crippen LogP contribution < -0.4 is 5.32 Å². The number of halogens is 3. The summed E-state index contributed by atoms with van der Waals surface area (Å²) < 4.78 is 41.8. The van der Waals surface area contributed by atoms with Crippen LogP contribution in [0, 0.1) is 0 Å². The number of nitrogens with one attached hydrogen (secondary N) is 1. The molecule has 4 nitrogen and oxygen atoms in total. The van der Waals surface area contributed by atoms with Gasteiger partial charge in [-0.05, 0) is 27.7 Å². The van der Waals surface area contributed by atoms with Crippen molar-refractivity contribution in [1.29, 1.82) is 0 Å². The Bertz CT molecular complexity index is 324. The van der Waals surface area contributed by atoms with Gasteiger partial charge >= 0.3 is 6.18 Å². The van der Waals surface area contributed by atoms with Crippen molar-refractivity contribution >= 4 is 5.91 Å². The Morgan fingerprint density at radius 2 is 1.68 bits per heavy atom. The van der Waals surface area contributed by atoms with E-state index in [0.29, 0.717) is 13.1 Å². The van der Waals surface area contributed by atoms with Gasteiger partial charge in [-0.25, -0.2) is 0 Å².